The van der Waals surface area contributed by atoms with Gasteiger partial charge >= 0.3 is 0 Å². The summed E-state index contributed by atoms with van der Waals surface area (Å²) in [6.45, 7) is 1.77. The average Bonchev–Trinajstić information content (AvgIpc) is 2.71. The average molecular weight is 395 g/mol. The van der Waals surface area contributed by atoms with Crippen LogP contribution in [0, 0.1) is 12.8 Å². The van der Waals surface area contributed by atoms with Gasteiger partial charge in [0.2, 0.25) is 17.7 Å². The van der Waals surface area contributed by atoms with Crippen LogP contribution in [-0.2, 0) is 20.8 Å². The molecule has 1 aliphatic heterocycles. The normalized spacial score (nSPS) is 15.1. The summed E-state index contributed by atoms with van der Waals surface area (Å²) in [7, 11) is 1.53. The van der Waals surface area contributed by atoms with E-state index in [1.807, 2.05) is 37.3 Å². The number of benzene rings is 2. The first-order valence-electron chi connectivity index (χ1n) is 9.56. The van der Waals surface area contributed by atoms with Crippen LogP contribution in [0.15, 0.2) is 42.5 Å². The number of rotatable bonds is 7. The molecule has 0 saturated heterocycles. The number of carbonyl (C=O) groups excluding carboxylic acids is 3. The van der Waals surface area contributed by atoms with Crippen LogP contribution in [0.25, 0.3) is 0 Å². The van der Waals surface area contributed by atoms with Crippen molar-refractivity contribution in [1.82, 2.24) is 5.32 Å². The van der Waals surface area contributed by atoms with Crippen LogP contribution in [-0.4, -0.2) is 31.4 Å². The quantitative estimate of drug-likeness (QED) is 0.671. The zero-order valence-electron chi connectivity index (χ0n) is 16.6. The summed E-state index contributed by atoms with van der Waals surface area (Å²) in [4.78, 5) is 36.5. The van der Waals surface area contributed by atoms with Crippen molar-refractivity contribution in [2.45, 2.75) is 26.2 Å². The number of hydrogen-bond donors (Lipinski definition) is 3. The van der Waals surface area contributed by atoms with Gasteiger partial charge in [0, 0.05) is 18.0 Å². The monoisotopic (exact) mass is 395 g/mol. The molecule has 7 heteroatoms. The maximum Gasteiger partial charge on any atom is 0.243 e. The van der Waals surface area contributed by atoms with Crippen molar-refractivity contribution in [2.24, 2.45) is 5.92 Å². The SMILES string of the molecule is COc1ccc(C)cc1NC(=O)CNC(=O)CC[C@H]1Cc2ccccc2NC1=O. The fraction of sp³-hybridized carbons (Fsp3) is 0.318. The standard InChI is InChI=1S/C22H25N3O4/c1-14-7-9-19(29-2)18(11-14)24-21(27)13-23-20(26)10-8-16-12-15-5-3-4-6-17(15)25-22(16)28/h3-7,9,11,16H,8,10,12-13H2,1-2H3,(H,23,26)(H,24,27)(H,25,28)/t16-/m0/s1. The zero-order chi connectivity index (χ0) is 20.8. The second-order valence-corrected chi connectivity index (χ2v) is 7.11. The lowest BCUT2D eigenvalue weighted by molar-refractivity contribution is -0.125. The number of methoxy groups -OCH3 is 1. The number of anilines is 2. The van der Waals surface area contributed by atoms with E-state index in [1.54, 1.807) is 12.1 Å². The molecule has 1 atom stereocenters. The topological polar surface area (TPSA) is 96.5 Å². The Kier molecular flexibility index (Phi) is 6.49. The van der Waals surface area contributed by atoms with Crippen molar-refractivity contribution in [3.05, 3.63) is 53.6 Å². The Balaban J connectivity index is 1.45. The molecular weight excluding hydrogens is 370 g/mol. The van der Waals surface area contributed by atoms with E-state index in [0.29, 0.717) is 24.3 Å². The highest BCUT2D eigenvalue weighted by atomic mass is 16.5. The molecule has 0 unspecified atom stereocenters. The van der Waals surface area contributed by atoms with Gasteiger partial charge in [-0.3, -0.25) is 14.4 Å². The zero-order valence-corrected chi connectivity index (χ0v) is 16.6. The molecule has 29 heavy (non-hydrogen) atoms. The minimum atomic E-state index is -0.341. The van der Waals surface area contributed by atoms with Crippen LogP contribution in [0.4, 0.5) is 11.4 Å². The second kappa shape index (κ2) is 9.23. The van der Waals surface area contributed by atoms with Crippen molar-refractivity contribution < 1.29 is 19.1 Å². The maximum atomic E-state index is 12.2. The highest BCUT2D eigenvalue weighted by Gasteiger charge is 2.26. The Bertz CT molecular complexity index is 926. The summed E-state index contributed by atoms with van der Waals surface area (Å²) >= 11 is 0. The molecule has 0 radical (unpaired) electrons. The third-order valence-corrected chi connectivity index (χ3v) is 4.91. The Morgan fingerprint density at radius 2 is 1.97 bits per heavy atom. The lowest BCUT2D eigenvalue weighted by Gasteiger charge is -2.24. The highest BCUT2D eigenvalue weighted by Crippen LogP contribution is 2.27. The number of para-hydroxylation sites is 1. The van der Waals surface area contributed by atoms with Gasteiger partial charge in [-0.1, -0.05) is 24.3 Å². The molecule has 0 fully saturated rings. The predicted octanol–water partition coefficient (Wildman–Crippen LogP) is 2.65. The molecule has 2 aromatic carbocycles. The molecule has 0 aromatic heterocycles. The Morgan fingerprint density at radius 3 is 2.76 bits per heavy atom. The second-order valence-electron chi connectivity index (χ2n) is 7.11. The van der Waals surface area contributed by atoms with Crippen LogP contribution in [0.1, 0.15) is 24.0 Å². The molecule has 3 N–H and O–H groups in total. The van der Waals surface area contributed by atoms with Gasteiger partial charge in [-0.05, 0) is 49.1 Å². The molecule has 1 heterocycles. The number of carbonyl (C=O) groups is 3. The molecule has 2 aromatic rings. The summed E-state index contributed by atoms with van der Waals surface area (Å²) < 4.78 is 5.23. The first kappa shape index (κ1) is 20.4. The molecule has 0 bridgehead atoms. The Morgan fingerprint density at radius 1 is 1.17 bits per heavy atom. The van der Waals surface area contributed by atoms with E-state index in [1.165, 1.54) is 7.11 Å². The van der Waals surface area contributed by atoms with Crippen molar-refractivity contribution >= 4 is 29.1 Å². The summed E-state index contributed by atoms with van der Waals surface area (Å²) in [6, 6.07) is 13.1. The molecule has 152 valence electrons. The van der Waals surface area contributed by atoms with Crippen molar-refractivity contribution in [1.29, 1.82) is 0 Å². The van der Waals surface area contributed by atoms with Crippen LogP contribution in [0.2, 0.25) is 0 Å². The largest absolute Gasteiger partial charge is 0.495 e. The fourth-order valence-electron chi connectivity index (χ4n) is 3.33. The van der Waals surface area contributed by atoms with Gasteiger partial charge in [-0.2, -0.15) is 0 Å². The van der Waals surface area contributed by atoms with Crippen LogP contribution in [0.5, 0.6) is 5.75 Å². The summed E-state index contributed by atoms with van der Waals surface area (Å²) in [5.41, 5.74) is 3.45. The number of amides is 3. The van der Waals surface area contributed by atoms with E-state index >= 15 is 0 Å². The van der Waals surface area contributed by atoms with Crippen molar-refractivity contribution in [3.8, 4) is 5.75 Å². The Hall–Kier alpha value is -3.35. The fourth-order valence-corrected chi connectivity index (χ4v) is 3.33. The third-order valence-electron chi connectivity index (χ3n) is 4.91. The predicted molar refractivity (Wildman–Crippen MR) is 111 cm³/mol. The Labute approximate surface area is 169 Å². The third kappa shape index (κ3) is 5.34. The first-order chi connectivity index (χ1) is 14.0. The molecular formula is C22H25N3O4. The van der Waals surface area contributed by atoms with Gasteiger partial charge < -0.3 is 20.7 Å². The lowest BCUT2D eigenvalue weighted by atomic mass is 9.89. The molecule has 3 amide bonds. The highest BCUT2D eigenvalue weighted by molar-refractivity contribution is 5.97. The molecule has 7 nitrogen and oxygen atoms in total. The minimum absolute atomic E-state index is 0.0687. The first-order valence-corrected chi connectivity index (χ1v) is 9.56. The van der Waals surface area contributed by atoms with Gasteiger partial charge in [0.1, 0.15) is 5.75 Å². The van der Waals surface area contributed by atoms with E-state index in [9.17, 15) is 14.4 Å². The molecule has 0 aliphatic carbocycles. The van der Waals surface area contributed by atoms with Crippen molar-refractivity contribution in [3.63, 3.8) is 0 Å². The van der Waals surface area contributed by atoms with E-state index < -0.39 is 0 Å². The van der Waals surface area contributed by atoms with E-state index in [4.69, 9.17) is 4.74 Å². The van der Waals surface area contributed by atoms with Gasteiger partial charge in [-0.25, -0.2) is 0 Å². The van der Waals surface area contributed by atoms with Crippen molar-refractivity contribution in [2.75, 3.05) is 24.3 Å². The smallest absolute Gasteiger partial charge is 0.243 e. The van der Waals surface area contributed by atoms with E-state index in [-0.39, 0.29) is 36.6 Å². The number of hydrogen-bond acceptors (Lipinski definition) is 4. The van der Waals surface area contributed by atoms with Crippen LogP contribution >= 0.6 is 0 Å². The maximum absolute atomic E-state index is 12.2. The lowest BCUT2D eigenvalue weighted by Crippen LogP contribution is -2.34. The summed E-state index contributed by atoms with van der Waals surface area (Å²) in [5, 5.41) is 8.22. The molecule has 1 aliphatic rings. The number of aryl methyl sites for hydroxylation is 1. The molecule has 3 rings (SSSR count). The number of nitrogens with one attached hydrogen (secondary N) is 3. The van der Waals surface area contributed by atoms with Gasteiger partial charge in [-0.15, -0.1) is 0 Å². The van der Waals surface area contributed by atoms with Gasteiger partial charge in [0.25, 0.3) is 0 Å². The van der Waals surface area contributed by atoms with Gasteiger partial charge in [0.15, 0.2) is 0 Å². The molecule has 0 saturated carbocycles. The molecule has 0 spiro atoms. The van der Waals surface area contributed by atoms with Gasteiger partial charge in [0.05, 0.1) is 19.3 Å². The minimum Gasteiger partial charge on any atom is -0.495 e. The van der Waals surface area contributed by atoms with E-state index in [2.05, 4.69) is 16.0 Å². The number of ether oxygens (including phenoxy) is 1. The van der Waals surface area contributed by atoms with Crippen LogP contribution < -0.4 is 20.7 Å². The number of fused-ring (bicyclic) bond motifs is 1. The van der Waals surface area contributed by atoms with E-state index in [0.717, 1.165) is 16.8 Å². The van der Waals surface area contributed by atoms with Crippen LogP contribution in [0.3, 0.4) is 0 Å². The summed E-state index contributed by atoms with van der Waals surface area (Å²) in [5.74, 6) is -0.365. The summed E-state index contributed by atoms with van der Waals surface area (Å²) in [6.07, 6.45) is 1.23.